The van der Waals surface area contributed by atoms with Gasteiger partial charge < -0.3 is 10.2 Å². The molecule has 0 saturated carbocycles. The van der Waals surface area contributed by atoms with Crippen molar-refractivity contribution >= 4 is 45.4 Å². The summed E-state index contributed by atoms with van der Waals surface area (Å²) in [6, 6.07) is 7.81. The van der Waals surface area contributed by atoms with E-state index >= 15 is 0 Å². The molecule has 1 aliphatic rings. The standard InChI is InChI=1S/C25H27N3O4S3/c1-2-4-22(35-25(31)32)10-13-28-24(30)34-16-14-27(28)12-9-21(29)18-20-6-3-5-19(17-20)7-8-23-26-11-15-33-23/h2-6,11,15,17,21,29H,1,9-10,12-14,16,18H2,(H,31,32)/b22-4-. The van der Waals surface area contributed by atoms with Gasteiger partial charge in [-0.3, -0.25) is 9.80 Å². The van der Waals surface area contributed by atoms with Crippen LogP contribution in [0.1, 0.15) is 29.0 Å². The topological polar surface area (TPSA) is 94.0 Å². The number of carbonyl (C=O) groups excluding carboxylic acids is 1. The molecule has 1 aromatic carbocycles. The number of hydrogen-bond acceptors (Lipinski definition) is 8. The molecule has 0 radical (unpaired) electrons. The quantitative estimate of drug-likeness (QED) is 0.325. The van der Waals surface area contributed by atoms with E-state index in [9.17, 15) is 14.7 Å². The van der Waals surface area contributed by atoms with Crippen LogP contribution in [0, 0.1) is 11.8 Å². The Hall–Kier alpha value is -2.55. The van der Waals surface area contributed by atoms with E-state index in [-0.39, 0.29) is 5.24 Å². The molecule has 184 valence electrons. The zero-order valence-corrected chi connectivity index (χ0v) is 21.6. The third-order valence-electron chi connectivity index (χ3n) is 5.08. The number of thiazole rings is 1. The van der Waals surface area contributed by atoms with E-state index in [4.69, 9.17) is 5.11 Å². The first-order chi connectivity index (χ1) is 16.9. The Labute approximate surface area is 217 Å². The summed E-state index contributed by atoms with van der Waals surface area (Å²) in [5.74, 6) is 6.84. The maximum atomic E-state index is 12.5. The van der Waals surface area contributed by atoms with Crippen molar-refractivity contribution < 1.29 is 19.8 Å². The highest BCUT2D eigenvalue weighted by Gasteiger charge is 2.27. The molecule has 1 aliphatic heterocycles. The maximum absolute atomic E-state index is 12.5. The Balaban J connectivity index is 1.54. The molecule has 35 heavy (non-hydrogen) atoms. The molecule has 1 unspecified atom stereocenters. The monoisotopic (exact) mass is 529 g/mol. The summed E-state index contributed by atoms with van der Waals surface area (Å²) in [6.45, 7) is 5.23. The van der Waals surface area contributed by atoms with Crippen LogP contribution in [0.5, 0.6) is 0 Å². The van der Waals surface area contributed by atoms with Crippen molar-refractivity contribution in [1.82, 2.24) is 15.0 Å². The van der Waals surface area contributed by atoms with Crippen LogP contribution in [0.3, 0.4) is 0 Å². The number of hydrogen-bond donors (Lipinski definition) is 2. The molecular formula is C25H27N3O4S3. The van der Waals surface area contributed by atoms with E-state index in [1.54, 1.807) is 23.4 Å². The van der Waals surface area contributed by atoms with Gasteiger partial charge in [0.2, 0.25) is 0 Å². The first kappa shape index (κ1) is 27.0. The lowest BCUT2D eigenvalue weighted by Gasteiger charge is -2.38. The van der Waals surface area contributed by atoms with E-state index in [0.29, 0.717) is 49.6 Å². The van der Waals surface area contributed by atoms with Gasteiger partial charge in [-0.2, -0.15) is 0 Å². The average molecular weight is 530 g/mol. The Kier molecular flexibility index (Phi) is 10.9. The number of rotatable bonds is 10. The number of thioether (sulfide) groups is 2. The number of benzene rings is 1. The normalized spacial score (nSPS) is 15.4. The number of aliphatic hydroxyl groups is 1. The van der Waals surface area contributed by atoms with E-state index in [1.165, 1.54) is 23.1 Å². The van der Waals surface area contributed by atoms with Crippen LogP contribution in [0.2, 0.25) is 0 Å². The van der Waals surface area contributed by atoms with Crippen molar-refractivity contribution in [3.05, 3.63) is 75.6 Å². The summed E-state index contributed by atoms with van der Waals surface area (Å²) in [7, 11) is 0. The van der Waals surface area contributed by atoms with Crippen molar-refractivity contribution in [3.8, 4) is 11.8 Å². The number of amides is 1. The minimum atomic E-state index is -0.990. The van der Waals surface area contributed by atoms with E-state index in [0.717, 1.165) is 27.9 Å². The molecule has 7 nitrogen and oxygen atoms in total. The van der Waals surface area contributed by atoms with Crippen molar-refractivity contribution in [3.63, 3.8) is 0 Å². The summed E-state index contributed by atoms with van der Waals surface area (Å²) in [5, 5.41) is 25.0. The van der Waals surface area contributed by atoms with Crippen LogP contribution in [-0.4, -0.2) is 67.2 Å². The minimum absolute atomic E-state index is 0.0597. The summed E-state index contributed by atoms with van der Waals surface area (Å²) in [6.07, 6.45) is 5.78. The summed E-state index contributed by atoms with van der Waals surface area (Å²) in [4.78, 5) is 28.4. The molecule has 10 heteroatoms. The Morgan fingerprint density at radius 1 is 1.34 bits per heavy atom. The second-order valence-electron chi connectivity index (χ2n) is 7.61. The Morgan fingerprint density at radius 3 is 2.94 bits per heavy atom. The minimum Gasteiger partial charge on any atom is -0.473 e. The fourth-order valence-corrected chi connectivity index (χ4v) is 5.40. The molecular weight excluding hydrogens is 502 g/mol. The number of nitrogens with zero attached hydrogens (tertiary/aromatic N) is 3. The summed E-state index contributed by atoms with van der Waals surface area (Å²) in [5.41, 5.74) is 1.87. The fraction of sp³-hybridized carbons (Fsp3) is 0.320. The highest BCUT2D eigenvalue weighted by molar-refractivity contribution is 8.16. The smallest absolute Gasteiger partial charge is 0.369 e. The molecule has 0 bridgehead atoms. The third-order valence-corrected chi connectivity index (χ3v) is 7.39. The first-order valence-corrected chi connectivity index (χ1v) is 13.7. The van der Waals surface area contributed by atoms with Gasteiger partial charge in [0.25, 0.3) is 5.24 Å². The number of carbonyl (C=O) groups is 2. The lowest BCUT2D eigenvalue weighted by atomic mass is 10.0. The average Bonchev–Trinajstić information content (AvgIpc) is 3.34. The predicted molar refractivity (Wildman–Crippen MR) is 144 cm³/mol. The lowest BCUT2D eigenvalue weighted by Crippen LogP contribution is -2.50. The Morgan fingerprint density at radius 2 is 2.20 bits per heavy atom. The summed E-state index contributed by atoms with van der Waals surface area (Å²) < 4.78 is 0. The van der Waals surface area contributed by atoms with Gasteiger partial charge in [0, 0.05) is 42.5 Å². The zero-order valence-electron chi connectivity index (χ0n) is 19.1. The molecule has 2 N–H and O–H groups in total. The fourth-order valence-electron chi connectivity index (χ4n) is 3.50. The number of aromatic nitrogens is 1. The van der Waals surface area contributed by atoms with E-state index < -0.39 is 11.4 Å². The highest BCUT2D eigenvalue weighted by Crippen LogP contribution is 2.25. The zero-order chi connectivity index (χ0) is 25.0. The highest BCUT2D eigenvalue weighted by atomic mass is 32.2. The van der Waals surface area contributed by atoms with Crippen LogP contribution in [-0.2, 0) is 6.42 Å². The molecule has 1 amide bonds. The van der Waals surface area contributed by atoms with Gasteiger partial charge in [-0.1, -0.05) is 48.5 Å². The molecule has 1 fully saturated rings. The Bertz CT molecular complexity index is 1110. The van der Waals surface area contributed by atoms with Crippen molar-refractivity contribution in [1.29, 1.82) is 0 Å². The largest absolute Gasteiger partial charge is 0.473 e. The van der Waals surface area contributed by atoms with Crippen LogP contribution in [0.4, 0.5) is 9.59 Å². The number of aliphatic hydroxyl groups excluding tert-OH is 1. The van der Waals surface area contributed by atoms with Crippen molar-refractivity contribution in [2.75, 3.05) is 25.4 Å². The number of hydrazine groups is 1. The first-order valence-electron chi connectivity index (χ1n) is 11.0. The number of carboxylic acid groups (broad SMARTS) is 1. The predicted octanol–water partition coefficient (Wildman–Crippen LogP) is 5.09. The second-order valence-corrected chi connectivity index (χ2v) is 10.6. The van der Waals surface area contributed by atoms with Gasteiger partial charge in [-0.05, 0) is 59.5 Å². The second kappa shape index (κ2) is 14.1. The third kappa shape index (κ3) is 9.20. The molecule has 0 aliphatic carbocycles. The van der Waals surface area contributed by atoms with Crippen LogP contribution < -0.4 is 0 Å². The van der Waals surface area contributed by atoms with Gasteiger partial charge in [0.15, 0.2) is 5.01 Å². The van der Waals surface area contributed by atoms with E-state index in [2.05, 4.69) is 23.4 Å². The molecule has 1 atom stereocenters. The molecule has 3 rings (SSSR count). The summed E-state index contributed by atoms with van der Waals surface area (Å²) >= 11 is 3.48. The van der Waals surface area contributed by atoms with E-state index in [1.807, 2.05) is 34.7 Å². The van der Waals surface area contributed by atoms with Gasteiger partial charge in [-0.25, -0.2) is 14.8 Å². The number of allylic oxidation sites excluding steroid dienone is 2. The molecule has 2 heterocycles. The van der Waals surface area contributed by atoms with Crippen LogP contribution >= 0.6 is 34.9 Å². The SMILES string of the molecule is C=C/C=C(/CCN1C(=O)SCCN1CCC(O)Cc1cccc(C#Cc2nccs2)c1)SC(=O)O. The van der Waals surface area contributed by atoms with Gasteiger partial charge in [0.05, 0.1) is 6.10 Å². The molecule has 0 spiro atoms. The van der Waals surface area contributed by atoms with Crippen molar-refractivity contribution in [2.24, 2.45) is 0 Å². The van der Waals surface area contributed by atoms with Gasteiger partial charge in [0.1, 0.15) is 0 Å². The van der Waals surface area contributed by atoms with Crippen LogP contribution in [0.25, 0.3) is 0 Å². The lowest BCUT2D eigenvalue weighted by molar-refractivity contribution is 0.0150. The van der Waals surface area contributed by atoms with Gasteiger partial charge in [-0.15, -0.1) is 11.3 Å². The molecule has 2 aromatic rings. The maximum Gasteiger partial charge on any atom is 0.369 e. The van der Waals surface area contributed by atoms with Gasteiger partial charge >= 0.3 is 5.30 Å². The van der Waals surface area contributed by atoms with Crippen molar-refractivity contribution in [2.45, 2.75) is 25.4 Å². The molecule has 1 aromatic heterocycles. The molecule has 1 saturated heterocycles. The van der Waals surface area contributed by atoms with Crippen LogP contribution in [0.15, 0.2) is 59.5 Å².